The van der Waals surface area contributed by atoms with E-state index in [0.29, 0.717) is 5.88 Å². The molecule has 0 aliphatic heterocycles. The number of thiazole rings is 1. The summed E-state index contributed by atoms with van der Waals surface area (Å²) in [5.74, 6) is 1.56. The molecule has 3 aromatic rings. The minimum Gasteiger partial charge on any atom is -0.370 e. The van der Waals surface area contributed by atoms with E-state index < -0.39 is 0 Å². The Bertz CT molecular complexity index is 1010. The molecule has 0 radical (unpaired) electrons. The lowest BCUT2D eigenvalue weighted by Gasteiger charge is -2.19. The molecule has 1 N–H and O–H groups in total. The topological polar surface area (TPSA) is 53.4 Å². The van der Waals surface area contributed by atoms with E-state index in [0.717, 1.165) is 33.6 Å². The molecule has 0 aliphatic carbocycles. The van der Waals surface area contributed by atoms with E-state index in [4.69, 9.17) is 0 Å². The molecule has 0 unspecified atom stereocenters. The summed E-state index contributed by atoms with van der Waals surface area (Å²) in [6, 6.07) is 12.7. The highest BCUT2D eigenvalue weighted by atomic mass is 32.2. The van der Waals surface area contributed by atoms with Crippen LogP contribution in [0.5, 0.6) is 0 Å². The van der Waals surface area contributed by atoms with Crippen molar-refractivity contribution >= 4 is 47.0 Å². The fourth-order valence-electron chi connectivity index (χ4n) is 2.95. The van der Waals surface area contributed by atoms with Gasteiger partial charge in [-0.1, -0.05) is 23.8 Å². The van der Waals surface area contributed by atoms with Gasteiger partial charge in [0, 0.05) is 25.5 Å². The Morgan fingerprint density at radius 3 is 2.57 bits per heavy atom. The van der Waals surface area contributed by atoms with Gasteiger partial charge in [-0.15, -0.1) is 23.1 Å². The Morgan fingerprint density at radius 2 is 1.97 bits per heavy atom. The van der Waals surface area contributed by atoms with Gasteiger partial charge in [0.05, 0.1) is 27.2 Å². The molecule has 5 nitrogen and oxygen atoms in total. The van der Waals surface area contributed by atoms with E-state index >= 15 is 0 Å². The number of nitrogens with one attached hydrogen (secondary N) is 1. The molecule has 0 saturated heterocycles. The van der Waals surface area contributed by atoms with E-state index in [2.05, 4.69) is 76.2 Å². The minimum atomic E-state index is 0.700. The lowest BCUT2D eigenvalue weighted by atomic mass is 10.2. The van der Waals surface area contributed by atoms with Crippen LogP contribution in [-0.2, 0) is 6.54 Å². The van der Waals surface area contributed by atoms with Gasteiger partial charge in [0.25, 0.3) is 0 Å². The summed E-state index contributed by atoms with van der Waals surface area (Å²) in [7, 11) is 2.09. The van der Waals surface area contributed by atoms with E-state index in [1.807, 2.05) is 31.5 Å². The molecule has 7 heteroatoms. The first-order valence-electron chi connectivity index (χ1n) is 9.66. The molecular weight excluding hydrogens is 410 g/mol. The molecule has 0 spiro atoms. The van der Waals surface area contributed by atoms with Crippen LogP contribution in [0.15, 0.2) is 53.0 Å². The molecule has 0 atom stereocenters. The van der Waals surface area contributed by atoms with Crippen molar-refractivity contribution in [1.82, 2.24) is 9.97 Å². The van der Waals surface area contributed by atoms with E-state index in [-0.39, 0.29) is 0 Å². The van der Waals surface area contributed by atoms with Gasteiger partial charge < -0.3 is 10.2 Å². The van der Waals surface area contributed by atoms with Gasteiger partial charge in [-0.25, -0.2) is 9.97 Å². The summed E-state index contributed by atoms with van der Waals surface area (Å²) < 4.78 is 0. The molecule has 0 bridgehead atoms. The minimum absolute atomic E-state index is 0.700. The first-order valence-corrected chi connectivity index (χ1v) is 11.5. The number of pyridine rings is 1. The van der Waals surface area contributed by atoms with E-state index in [9.17, 15) is 0 Å². The van der Waals surface area contributed by atoms with Crippen molar-refractivity contribution in [3.05, 3.63) is 74.7 Å². The van der Waals surface area contributed by atoms with Gasteiger partial charge in [0.15, 0.2) is 0 Å². The zero-order valence-electron chi connectivity index (χ0n) is 17.8. The number of aliphatic imine (C=N–C) groups is 1. The lowest BCUT2D eigenvalue weighted by molar-refractivity contribution is 0.915. The standard InChI is InChI=1S/C23H27N5S2/c1-16-6-9-20(10-7-16)28(5)13-19-8-11-22(25-12-19)26-15-29-14-21(24-4)23-17(2)27-18(3)30-23/h6-12,14H,4,13,15H2,1-3,5H3,(H,25,26)/b21-14-. The van der Waals surface area contributed by atoms with E-state index in [1.165, 1.54) is 16.8 Å². The lowest BCUT2D eigenvalue weighted by Crippen LogP contribution is -2.16. The Kier molecular flexibility index (Phi) is 7.65. The molecule has 0 amide bonds. The number of thioether (sulfide) groups is 1. The number of hydrogen-bond acceptors (Lipinski definition) is 7. The van der Waals surface area contributed by atoms with Crippen molar-refractivity contribution in [1.29, 1.82) is 0 Å². The summed E-state index contributed by atoms with van der Waals surface area (Å²) in [6.07, 6.45) is 1.92. The number of hydrogen-bond donors (Lipinski definition) is 1. The number of aromatic nitrogens is 2. The molecule has 1 aromatic carbocycles. The number of aryl methyl sites for hydroxylation is 3. The largest absolute Gasteiger partial charge is 0.370 e. The van der Waals surface area contributed by atoms with Crippen LogP contribution >= 0.6 is 23.1 Å². The molecule has 2 heterocycles. The molecule has 156 valence electrons. The second kappa shape index (κ2) is 10.4. The highest BCUT2D eigenvalue weighted by Gasteiger charge is 2.09. The Balaban J connectivity index is 1.51. The van der Waals surface area contributed by atoms with Crippen molar-refractivity contribution in [2.45, 2.75) is 27.3 Å². The number of benzene rings is 1. The maximum Gasteiger partial charge on any atom is 0.126 e. The first kappa shape index (κ1) is 22.1. The third-order valence-corrected chi connectivity index (χ3v) is 6.35. The summed E-state index contributed by atoms with van der Waals surface area (Å²) in [5, 5.41) is 6.39. The third-order valence-electron chi connectivity index (χ3n) is 4.56. The molecule has 3 rings (SSSR count). The Hall–Kier alpha value is -2.64. The molecule has 0 aliphatic rings. The molecule has 2 aromatic heterocycles. The van der Waals surface area contributed by atoms with Crippen LogP contribution < -0.4 is 10.2 Å². The van der Waals surface area contributed by atoms with Crippen LogP contribution in [0.4, 0.5) is 11.5 Å². The first-order chi connectivity index (χ1) is 14.5. The van der Waals surface area contributed by atoms with E-state index in [1.54, 1.807) is 23.1 Å². The van der Waals surface area contributed by atoms with Crippen molar-refractivity contribution < 1.29 is 0 Å². The van der Waals surface area contributed by atoms with Crippen molar-refractivity contribution in [3.63, 3.8) is 0 Å². The molecule has 0 fully saturated rings. The monoisotopic (exact) mass is 437 g/mol. The highest BCUT2D eigenvalue weighted by molar-refractivity contribution is 8.02. The molecule has 0 saturated carbocycles. The smallest absolute Gasteiger partial charge is 0.126 e. The predicted molar refractivity (Wildman–Crippen MR) is 133 cm³/mol. The van der Waals surface area contributed by atoms with Crippen LogP contribution in [0.25, 0.3) is 5.70 Å². The van der Waals surface area contributed by atoms with Gasteiger partial charge in [0.1, 0.15) is 5.82 Å². The SMILES string of the molecule is C=N/C(=C\SCNc1ccc(CN(C)c2ccc(C)cc2)cn1)c1sc(C)nc1C. The number of nitrogens with zero attached hydrogens (tertiary/aromatic N) is 4. The zero-order valence-corrected chi connectivity index (χ0v) is 19.5. The Labute approximate surface area is 187 Å². The van der Waals surface area contributed by atoms with Gasteiger partial charge in [-0.05, 0) is 56.7 Å². The quantitative estimate of drug-likeness (QED) is 0.256. The zero-order chi connectivity index (χ0) is 21.5. The van der Waals surface area contributed by atoms with Gasteiger partial charge >= 0.3 is 0 Å². The summed E-state index contributed by atoms with van der Waals surface area (Å²) >= 11 is 3.27. The summed E-state index contributed by atoms with van der Waals surface area (Å²) in [5.41, 5.74) is 5.50. The predicted octanol–water partition coefficient (Wildman–Crippen LogP) is 5.90. The summed E-state index contributed by atoms with van der Waals surface area (Å²) in [4.78, 5) is 16.5. The van der Waals surface area contributed by atoms with Gasteiger partial charge in [-0.3, -0.25) is 4.99 Å². The fraction of sp³-hybridized carbons (Fsp3) is 0.261. The average molecular weight is 438 g/mol. The fourth-order valence-corrected chi connectivity index (χ4v) is 4.59. The highest BCUT2D eigenvalue weighted by Crippen LogP contribution is 2.28. The maximum atomic E-state index is 4.54. The van der Waals surface area contributed by atoms with Gasteiger partial charge in [0.2, 0.25) is 0 Å². The Morgan fingerprint density at radius 1 is 1.20 bits per heavy atom. The van der Waals surface area contributed by atoms with Gasteiger partial charge in [-0.2, -0.15) is 0 Å². The van der Waals surface area contributed by atoms with Crippen LogP contribution in [-0.4, -0.2) is 29.6 Å². The average Bonchev–Trinajstić information content (AvgIpc) is 3.07. The second-order valence-electron chi connectivity index (χ2n) is 7.04. The third kappa shape index (κ3) is 5.93. The summed E-state index contributed by atoms with van der Waals surface area (Å²) in [6.45, 7) is 10.6. The number of rotatable bonds is 9. The van der Waals surface area contributed by atoms with Crippen molar-refractivity contribution in [2.24, 2.45) is 4.99 Å². The van der Waals surface area contributed by atoms with Crippen molar-refractivity contribution in [3.8, 4) is 0 Å². The van der Waals surface area contributed by atoms with Crippen LogP contribution in [0, 0.1) is 20.8 Å². The van der Waals surface area contributed by atoms with Crippen LogP contribution in [0.1, 0.15) is 26.7 Å². The molecule has 30 heavy (non-hydrogen) atoms. The second-order valence-corrected chi connectivity index (χ2v) is 9.10. The maximum absolute atomic E-state index is 4.54. The normalized spacial score (nSPS) is 11.4. The van der Waals surface area contributed by atoms with Crippen LogP contribution in [0.3, 0.4) is 0 Å². The van der Waals surface area contributed by atoms with Crippen molar-refractivity contribution in [2.75, 3.05) is 23.1 Å². The van der Waals surface area contributed by atoms with Crippen LogP contribution in [0.2, 0.25) is 0 Å². The number of anilines is 2. The molecular formula is C23H27N5S2.